The first-order valence-corrected chi connectivity index (χ1v) is 4.79. The molecule has 1 aromatic rings. The largest absolute Gasteiger partial charge is 0.302 e. The lowest BCUT2D eigenvalue weighted by Gasteiger charge is -2.00. The summed E-state index contributed by atoms with van der Waals surface area (Å²) in [6.45, 7) is 0. The van der Waals surface area contributed by atoms with Crippen molar-refractivity contribution in [1.29, 1.82) is 0 Å². The summed E-state index contributed by atoms with van der Waals surface area (Å²) in [4.78, 5) is 10.1. The van der Waals surface area contributed by atoms with Crippen LogP contribution in [0.3, 0.4) is 0 Å². The van der Waals surface area contributed by atoms with Crippen LogP contribution in [0.2, 0.25) is 0 Å². The third kappa shape index (κ3) is 2.42. The lowest BCUT2D eigenvalue weighted by molar-refractivity contribution is -0.107. The van der Waals surface area contributed by atoms with Gasteiger partial charge in [0, 0.05) is 4.47 Å². The Balaban J connectivity index is 2.89. The van der Waals surface area contributed by atoms with Crippen LogP contribution in [0.1, 0.15) is 10.4 Å². The van der Waals surface area contributed by atoms with Gasteiger partial charge in [0.25, 0.3) is 0 Å². The van der Waals surface area contributed by atoms with Gasteiger partial charge in [-0.2, -0.15) is 0 Å². The molecule has 0 bridgehead atoms. The highest BCUT2D eigenvalue weighted by Crippen LogP contribution is 2.21. The van der Waals surface area contributed by atoms with E-state index in [1.54, 1.807) is 0 Å². The predicted molar refractivity (Wildman–Crippen MR) is 51.9 cm³/mol. The molecule has 11 heavy (non-hydrogen) atoms. The highest BCUT2D eigenvalue weighted by atomic mass is 79.9. The first kappa shape index (κ1) is 8.94. The molecule has 0 aliphatic heterocycles. The SMILES string of the molecule is O=C[C@@H](Br)c1ccc(Br)cc1. The average Bonchev–Trinajstić information content (AvgIpc) is 2.05. The molecule has 0 aromatic heterocycles. The molecule has 0 unspecified atom stereocenters. The van der Waals surface area contributed by atoms with Crippen molar-refractivity contribution in [2.45, 2.75) is 4.83 Å². The zero-order valence-electron chi connectivity index (χ0n) is 5.63. The van der Waals surface area contributed by atoms with Crippen molar-refractivity contribution in [3.05, 3.63) is 34.3 Å². The number of halogens is 2. The van der Waals surface area contributed by atoms with Crippen molar-refractivity contribution in [3.63, 3.8) is 0 Å². The molecule has 58 valence electrons. The normalized spacial score (nSPS) is 12.5. The molecular weight excluding hydrogens is 272 g/mol. The van der Waals surface area contributed by atoms with Crippen LogP contribution in [0.4, 0.5) is 0 Å². The zero-order chi connectivity index (χ0) is 8.27. The molecule has 0 fully saturated rings. The Morgan fingerprint density at radius 1 is 1.27 bits per heavy atom. The maximum Gasteiger partial charge on any atom is 0.138 e. The number of hydrogen-bond acceptors (Lipinski definition) is 1. The molecular formula is C8H6Br2O. The highest BCUT2D eigenvalue weighted by Gasteiger charge is 2.03. The number of rotatable bonds is 2. The van der Waals surface area contributed by atoms with E-state index < -0.39 is 0 Å². The summed E-state index contributed by atoms with van der Waals surface area (Å²) in [6, 6.07) is 7.62. The Kier molecular flexibility index (Phi) is 3.27. The number of aldehydes is 1. The number of benzene rings is 1. The molecule has 0 spiro atoms. The van der Waals surface area contributed by atoms with Gasteiger partial charge < -0.3 is 4.79 Å². The minimum Gasteiger partial charge on any atom is -0.302 e. The first-order valence-electron chi connectivity index (χ1n) is 3.09. The first-order chi connectivity index (χ1) is 5.24. The molecule has 0 radical (unpaired) electrons. The minimum atomic E-state index is -0.185. The van der Waals surface area contributed by atoms with Crippen LogP contribution in [0.15, 0.2) is 28.7 Å². The summed E-state index contributed by atoms with van der Waals surface area (Å²) in [7, 11) is 0. The Hall–Kier alpha value is -0.150. The Bertz CT molecular complexity index is 243. The van der Waals surface area contributed by atoms with Crippen molar-refractivity contribution in [1.82, 2.24) is 0 Å². The molecule has 0 saturated heterocycles. The van der Waals surface area contributed by atoms with E-state index in [4.69, 9.17) is 0 Å². The van der Waals surface area contributed by atoms with Gasteiger partial charge in [-0.15, -0.1) is 0 Å². The van der Waals surface area contributed by atoms with Gasteiger partial charge in [-0.25, -0.2) is 0 Å². The highest BCUT2D eigenvalue weighted by molar-refractivity contribution is 9.10. The van der Waals surface area contributed by atoms with Gasteiger partial charge >= 0.3 is 0 Å². The van der Waals surface area contributed by atoms with Gasteiger partial charge in [-0.05, 0) is 17.7 Å². The van der Waals surface area contributed by atoms with E-state index in [1.807, 2.05) is 24.3 Å². The molecule has 0 aliphatic carbocycles. The van der Waals surface area contributed by atoms with Crippen molar-refractivity contribution >= 4 is 38.1 Å². The lowest BCUT2D eigenvalue weighted by Crippen LogP contribution is -1.88. The van der Waals surface area contributed by atoms with Crippen LogP contribution in [-0.2, 0) is 4.79 Å². The Morgan fingerprint density at radius 2 is 1.82 bits per heavy atom. The maximum absolute atomic E-state index is 10.3. The summed E-state index contributed by atoms with van der Waals surface area (Å²) < 4.78 is 1.02. The van der Waals surface area contributed by atoms with E-state index in [9.17, 15) is 4.79 Å². The fourth-order valence-electron chi connectivity index (χ4n) is 0.725. The minimum absolute atomic E-state index is 0.185. The standard InChI is InChI=1S/C8H6Br2O/c9-7-3-1-6(2-4-7)8(10)5-11/h1-5,8H/t8-/m1/s1. The van der Waals surface area contributed by atoms with E-state index in [1.165, 1.54) is 0 Å². The fourth-order valence-corrected chi connectivity index (χ4v) is 1.29. The van der Waals surface area contributed by atoms with Crippen LogP contribution in [0.25, 0.3) is 0 Å². The fraction of sp³-hybridized carbons (Fsp3) is 0.125. The van der Waals surface area contributed by atoms with Crippen LogP contribution in [0, 0.1) is 0 Å². The molecule has 0 amide bonds. The number of hydrogen-bond donors (Lipinski definition) is 0. The molecule has 0 heterocycles. The molecule has 0 aliphatic rings. The molecule has 3 heteroatoms. The van der Waals surface area contributed by atoms with E-state index >= 15 is 0 Å². The second kappa shape index (κ2) is 4.02. The monoisotopic (exact) mass is 276 g/mol. The number of carbonyl (C=O) groups excluding carboxylic acids is 1. The van der Waals surface area contributed by atoms with Gasteiger partial charge in [0.15, 0.2) is 0 Å². The molecule has 1 aromatic carbocycles. The van der Waals surface area contributed by atoms with Gasteiger partial charge in [0.2, 0.25) is 0 Å². The zero-order valence-corrected chi connectivity index (χ0v) is 8.80. The predicted octanol–water partition coefficient (Wildman–Crippen LogP) is 3.08. The average molecular weight is 278 g/mol. The third-order valence-electron chi connectivity index (χ3n) is 1.31. The molecule has 0 saturated carbocycles. The summed E-state index contributed by atoms with van der Waals surface area (Å²) in [5, 5.41) is 0. The molecule has 0 N–H and O–H groups in total. The lowest BCUT2D eigenvalue weighted by atomic mass is 10.2. The summed E-state index contributed by atoms with van der Waals surface area (Å²) in [5.41, 5.74) is 0.975. The van der Waals surface area contributed by atoms with E-state index in [-0.39, 0.29) is 4.83 Å². The summed E-state index contributed by atoms with van der Waals surface area (Å²) in [6.07, 6.45) is 0.864. The second-order valence-corrected chi connectivity index (χ2v) is 3.99. The Morgan fingerprint density at radius 3 is 2.27 bits per heavy atom. The topological polar surface area (TPSA) is 17.1 Å². The molecule has 1 atom stereocenters. The molecule has 1 rings (SSSR count). The quantitative estimate of drug-likeness (QED) is 0.600. The van der Waals surface area contributed by atoms with Crippen molar-refractivity contribution in [3.8, 4) is 0 Å². The van der Waals surface area contributed by atoms with Crippen LogP contribution in [-0.4, -0.2) is 6.29 Å². The van der Waals surface area contributed by atoms with Gasteiger partial charge in [0.1, 0.15) is 6.29 Å². The maximum atomic E-state index is 10.3. The number of carbonyl (C=O) groups is 1. The summed E-state index contributed by atoms with van der Waals surface area (Å²) >= 11 is 6.54. The third-order valence-corrected chi connectivity index (χ3v) is 2.58. The van der Waals surface area contributed by atoms with Crippen LogP contribution >= 0.6 is 31.9 Å². The van der Waals surface area contributed by atoms with E-state index in [0.717, 1.165) is 16.3 Å². The van der Waals surface area contributed by atoms with Crippen molar-refractivity contribution < 1.29 is 4.79 Å². The van der Waals surface area contributed by atoms with E-state index in [0.29, 0.717) is 0 Å². The summed E-state index contributed by atoms with van der Waals surface area (Å²) in [5.74, 6) is 0. The van der Waals surface area contributed by atoms with Gasteiger partial charge in [-0.3, -0.25) is 0 Å². The van der Waals surface area contributed by atoms with E-state index in [2.05, 4.69) is 31.9 Å². The number of alkyl halides is 1. The van der Waals surface area contributed by atoms with Crippen molar-refractivity contribution in [2.75, 3.05) is 0 Å². The Labute approximate surface area is 82.1 Å². The smallest absolute Gasteiger partial charge is 0.138 e. The van der Waals surface area contributed by atoms with Crippen molar-refractivity contribution in [2.24, 2.45) is 0 Å². The van der Waals surface area contributed by atoms with Crippen LogP contribution < -0.4 is 0 Å². The molecule has 1 nitrogen and oxygen atoms in total. The van der Waals surface area contributed by atoms with Crippen LogP contribution in [0.5, 0.6) is 0 Å². The van der Waals surface area contributed by atoms with Gasteiger partial charge in [0.05, 0.1) is 4.83 Å². The van der Waals surface area contributed by atoms with Gasteiger partial charge in [-0.1, -0.05) is 44.0 Å². The second-order valence-electron chi connectivity index (χ2n) is 2.09.